The van der Waals surface area contributed by atoms with Gasteiger partial charge in [0.15, 0.2) is 0 Å². The largest absolute Gasteiger partial charge is 0.376 e. The van der Waals surface area contributed by atoms with E-state index in [1.807, 2.05) is 13.8 Å². The van der Waals surface area contributed by atoms with Crippen LogP contribution in [0.15, 0.2) is 6.20 Å². The molecular formula is C12H19N3O. The first-order chi connectivity index (χ1) is 7.66. The number of rotatable bonds is 3. The van der Waals surface area contributed by atoms with Gasteiger partial charge in [0.1, 0.15) is 5.82 Å². The third kappa shape index (κ3) is 2.50. The SMILES string of the molecule is Cc1cnc(C)c(N(C)CC2CCCO2)n1. The summed E-state index contributed by atoms with van der Waals surface area (Å²) in [7, 11) is 2.05. The van der Waals surface area contributed by atoms with Gasteiger partial charge in [0, 0.05) is 26.4 Å². The quantitative estimate of drug-likeness (QED) is 0.779. The van der Waals surface area contributed by atoms with Crippen LogP contribution in [0.4, 0.5) is 5.82 Å². The number of hydrogen-bond donors (Lipinski definition) is 0. The van der Waals surface area contributed by atoms with Crippen LogP contribution in [0.5, 0.6) is 0 Å². The molecule has 0 amide bonds. The summed E-state index contributed by atoms with van der Waals surface area (Å²) >= 11 is 0. The molecule has 1 saturated heterocycles. The Kier molecular flexibility index (Phi) is 3.39. The van der Waals surface area contributed by atoms with E-state index >= 15 is 0 Å². The summed E-state index contributed by atoms with van der Waals surface area (Å²) in [5, 5.41) is 0. The Morgan fingerprint density at radius 1 is 1.50 bits per heavy atom. The second-order valence-corrected chi connectivity index (χ2v) is 4.44. The second-order valence-electron chi connectivity index (χ2n) is 4.44. The molecule has 0 saturated carbocycles. The molecule has 4 nitrogen and oxygen atoms in total. The number of nitrogens with zero attached hydrogens (tertiary/aromatic N) is 3. The molecule has 1 aliphatic rings. The highest BCUT2D eigenvalue weighted by molar-refractivity contribution is 5.42. The molecular weight excluding hydrogens is 202 g/mol. The van der Waals surface area contributed by atoms with Crippen molar-refractivity contribution in [3.63, 3.8) is 0 Å². The van der Waals surface area contributed by atoms with Crippen LogP contribution in [-0.2, 0) is 4.74 Å². The van der Waals surface area contributed by atoms with E-state index in [0.717, 1.165) is 36.8 Å². The zero-order chi connectivity index (χ0) is 11.5. The van der Waals surface area contributed by atoms with Gasteiger partial charge in [-0.3, -0.25) is 4.98 Å². The van der Waals surface area contributed by atoms with Crippen molar-refractivity contribution in [3.05, 3.63) is 17.6 Å². The maximum atomic E-state index is 5.63. The van der Waals surface area contributed by atoms with E-state index in [4.69, 9.17) is 4.74 Å². The summed E-state index contributed by atoms with van der Waals surface area (Å²) in [5.41, 5.74) is 1.94. The standard InChI is InChI=1S/C12H19N3O/c1-9-7-13-10(2)12(14-9)15(3)8-11-5-4-6-16-11/h7,11H,4-6,8H2,1-3H3. The Labute approximate surface area is 96.7 Å². The number of hydrogen-bond acceptors (Lipinski definition) is 4. The lowest BCUT2D eigenvalue weighted by atomic mass is 10.2. The molecule has 0 bridgehead atoms. The van der Waals surface area contributed by atoms with E-state index in [2.05, 4.69) is 21.9 Å². The first kappa shape index (κ1) is 11.3. The molecule has 1 aliphatic heterocycles. The monoisotopic (exact) mass is 221 g/mol. The number of ether oxygens (including phenoxy) is 1. The molecule has 1 atom stereocenters. The van der Waals surface area contributed by atoms with Crippen LogP contribution in [0.3, 0.4) is 0 Å². The van der Waals surface area contributed by atoms with E-state index < -0.39 is 0 Å². The van der Waals surface area contributed by atoms with Crippen molar-refractivity contribution in [3.8, 4) is 0 Å². The third-order valence-electron chi connectivity index (χ3n) is 2.91. The highest BCUT2D eigenvalue weighted by atomic mass is 16.5. The predicted molar refractivity (Wildman–Crippen MR) is 63.8 cm³/mol. The van der Waals surface area contributed by atoms with Gasteiger partial charge in [0.2, 0.25) is 0 Å². The number of likely N-dealkylation sites (N-methyl/N-ethyl adjacent to an activating group) is 1. The fraction of sp³-hybridized carbons (Fsp3) is 0.667. The molecule has 16 heavy (non-hydrogen) atoms. The van der Waals surface area contributed by atoms with Gasteiger partial charge in [-0.15, -0.1) is 0 Å². The minimum atomic E-state index is 0.353. The number of aromatic nitrogens is 2. The summed E-state index contributed by atoms with van der Waals surface area (Å²) in [6.07, 6.45) is 4.49. The Morgan fingerprint density at radius 2 is 2.31 bits per heavy atom. The van der Waals surface area contributed by atoms with Gasteiger partial charge in [-0.2, -0.15) is 0 Å². The van der Waals surface area contributed by atoms with E-state index in [1.54, 1.807) is 6.20 Å². The zero-order valence-electron chi connectivity index (χ0n) is 10.2. The molecule has 0 spiro atoms. The van der Waals surface area contributed by atoms with Crippen LogP contribution >= 0.6 is 0 Å². The molecule has 0 aromatic carbocycles. The van der Waals surface area contributed by atoms with E-state index in [0.29, 0.717) is 6.10 Å². The molecule has 1 fully saturated rings. The Bertz CT molecular complexity index is 361. The smallest absolute Gasteiger partial charge is 0.150 e. The lowest BCUT2D eigenvalue weighted by Crippen LogP contribution is -2.30. The normalized spacial score (nSPS) is 20.1. The second kappa shape index (κ2) is 4.78. The number of aryl methyl sites for hydroxylation is 2. The van der Waals surface area contributed by atoms with Crippen LogP contribution in [0.25, 0.3) is 0 Å². The summed E-state index contributed by atoms with van der Waals surface area (Å²) in [5.74, 6) is 0.968. The summed E-state index contributed by atoms with van der Waals surface area (Å²) in [4.78, 5) is 11.0. The van der Waals surface area contributed by atoms with Crippen molar-refractivity contribution >= 4 is 5.82 Å². The first-order valence-corrected chi connectivity index (χ1v) is 5.80. The van der Waals surface area contributed by atoms with Gasteiger partial charge in [-0.1, -0.05) is 0 Å². The van der Waals surface area contributed by atoms with Crippen molar-refractivity contribution in [2.75, 3.05) is 25.1 Å². The molecule has 0 aliphatic carbocycles. The lowest BCUT2D eigenvalue weighted by Gasteiger charge is -2.22. The molecule has 2 rings (SSSR count). The predicted octanol–water partition coefficient (Wildman–Crippen LogP) is 1.71. The molecule has 0 radical (unpaired) electrons. The average Bonchev–Trinajstić information content (AvgIpc) is 2.74. The van der Waals surface area contributed by atoms with Gasteiger partial charge in [-0.25, -0.2) is 4.98 Å². The summed E-state index contributed by atoms with van der Waals surface area (Å²) in [6.45, 7) is 5.76. The zero-order valence-corrected chi connectivity index (χ0v) is 10.2. The molecule has 2 heterocycles. The highest BCUT2D eigenvalue weighted by Crippen LogP contribution is 2.18. The summed E-state index contributed by atoms with van der Waals surface area (Å²) < 4.78 is 5.63. The van der Waals surface area contributed by atoms with Crippen molar-refractivity contribution in [1.82, 2.24) is 9.97 Å². The van der Waals surface area contributed by atoms with Gasteiger partial charge in [0.25, 0.3) is 0 Å². The molecule has 88 valence electrons. The van der Waals surface area contributed by atoms with Gasteiger partial charge in [-0.05, 0) is 26.7 Å². The average molecular weight is 221 g/mol. The van der Waals surface area contributed by atoms with E-state index in [-0.39, 0.29) is 0 Å². The van der Waals surface area contributed by atoms with E-state index in [9.17, 15) is 0 Å². The Morgan fingerprint density at radius 3 is 3.00 bits per heavy atom. The first-order valence-electron chi connectivity index (χ1n) is 5.80. The summed E-state index contributed by atoms with van der Waals surface area (Å²) in [6, 6.07) is 0. The molecule has 4 heteroatoms. The van der Waals surface area contributed by atoms with Crippen molar-refractivity contribution in [2.24, 2.45) is 0 Å². The van der Waals surface area contributed by atoms with Crippen LogP contribution in [0, 0.1) is 13.8 Å². The third-order valence-corrected chi connectivity index (χ3v) is 2.91. The Hall–Kier alpha value is -1.16. The molecule has 0 N–H and O–H groups in total. The maximum Gasteiger partial charge on any atom is 0.150 e. The van der Waals surface area contributed by atoms with Crippen LogP contribution in [0.2, 0.25) is 0 Å². The van der Waals surface area contributed by atoms with Gasteiger partial charge < -0.3 is 9.64 Å². The van der Waals surface area contributed by atoms with Crippen molar-refractivity contribution in [1.29, 1.82) is 0 Å². The molecule has 1 unspecified atom stereocenters. The minimum Gasteiger partial charge on any atom is -0.376 e. The minimum absolute atomic E-state index is 0.353. The molecule has 1 aromatic heterocycles. The Balaban J connectivity index is 2.07. The lowest BCUT2D eigenvalue weighted by molar-refractivity contribution is 0.116. The van der Waals surface area contributed by atoms with Crippen LogP contribution in [0.1, 0.15) is 24.2 Å². The fourth-order valence-electron chi connectivity index (χ4n) is 2.07. The van der Waals surface area contributed by atoms with Gasteiger partial charge in [0.05, 0.1) is 17.5 Å². The molecule has 1 aromatic rings. The maximum absolute atomic E-state index is 5.63. The van der Waals surface area contributed by atoms with Crippen LogP contribution < -0.4 is 4.90 Å². The highest BCUT2D eigenvalue weighted by Gasteiger charge is 2.19. The van der Waals surface area contributed by atoms with Crippen molar-refractivity contribution < 1.29 is 4.74 Å². The van der Waals surface area contributed by atoms with Crippen molar-refractivity contribution in [2.45, 2.75) is 32.8 Å². The van der Waals surface area contributed by atoms with Gasteiger partial charge >= 0.3 is 0 Å². The number of anilines is 1. The van der Waals surface area contributed by atoms with E-state index in [1.165, 1.54) is 6.42 Å². The van der Waals surface area contributed by atoms with Crippen LogP contribution in [-0.4, -0.2) is 36.3 Å². The topological polar surface area (TPSA) is 38.2 Å². The fourth-order valence-corrected chi connectivity index (χ4v) is 2.07.